The summed E-state index contributed by atoms with van der Waals surface area (Å²) in [6.45, 7) is 8.12. The molecule has 0 aromatic heterocycles. The van der Waals surface area contributed by atoms with E-state index in [0.717, 1.165) is 5.56 Å². The molecule has 17 heavy (non-hydrogen) atoms. The average Bonchev–Trinajstić information content (AvgIpc) is 2.20. The number of anilines is 1. The normalized spacial score (nSPS) is 11.1. The Balaban J connectivity index is 3.15. The van der Waals surface area contributed by atoms with Crippen molar-refractivity contribution in [2.75, 3.05) is 12.8 Å². The van der Waals surface area contributed by atoms with Gasteiger partial charge in [0, 0.05) is 0 Å². The van der Waals surface area contributed by atoms with Gasteiger partial charge in [-0.25, -0.2) is 4.79 Å². The zero-order valence-corrected chi connectivity index (χ0v) is 12.0. The van der Waals surface area contributed by atoms with Gasteiger partial charge >= 0.3 is 5.97 Å². The zero-order valence-electron chi connectivity index (χ0n) is 11.0. The van der Waals surface area contributed by atoms with Crippen molar-refractivity contribution in [1.29, 1.82) is 0 Å². The van der Waals surface area contributed by atoms with Crippen LogP contribution in [0.25, 0.3) is 0 Å². The van der Waals surface area contributed by atoms with Crippen LogP contribution >= 0.6 is 0 Å². The molecule has 94 valence electrons. The number of carbonyl (C=O) groups excluding carboxylic acids is 1. The number of aryl methyl sites for hydroxylation is 1. The molecule has 4 nitrogen and oxygen atoms in total. The van der Waals surface area contributed by atoms with E-state index >= 15 is 0 Å². The first kappa shape index (κ1) is 13.6. The van der Waals surface area contributed by atoms with Crippen LogP contribution in [0.3, 0.4) is 0 Å². The number of methoxy groups -OCH3 is 1. The molecule has 0 aliphatic rings. The number of nitrogen functional groups attached to an aromatic ring is 1. The second-order valence-electron chi connectivity index (χ2n) is 4.92. The van der Waals surface area contributed by atoms with Gasteiger partial charge in [-0.05, 0) is 44.3 Å². The zero-order chi connectivity index (χ0) is 13.2. The molecule has 0 spiro atoms. The first-order valence-corrected chi connectivity index (χ1v) is 8.83. The lowest BCUT2D eigenvalue weighted by Gasteiger charge is -2.22. The Bertz CT molecular complexity index is 415. The second kappa shape index (κ2) is 4.79. The molecule has 0 saturated heterocycles. The molecule has 0 saturated carbocycles. The van der Waals surface area contributed by atoms with E-state index in [1.54, 1.807) is 12.1 Å². The van der Waals surface area contributed by atoms with E-state index in [4.69, 9.17) is 10.2 Å². The first-order chi connectivity index (χ1) is 7.74. The number of hydrogen-bond donors (Lipinski definition) is 1. The van der Waals surface area contributed by atoms with E-state index in [1.165, 1.54) is 7.11 Å². The number of ether oxygens (including phenoxy) is 1. The van der Waals surface area contributed by atoms with Crippen molar-refractivity contribution in [2.24, 2.45) is 0 Å². The van der Waals surface area contributed by atoms with E-state index in [0.29, 0.717) is 17.0 Å². The standard InChI is InChI=1S/C12H19NO3Si/c1-8-6-9(12(14)15-2)7-10(13)11(8)16-17(3,4)5/h6-7H,13H2,1-5H3. The summed E-state index contributed by atoms with van der Waals surface area (Å²) in [5.41, 5.74) is 7.69. The fraction of sp³-hybridized carbons (Fsp3) is 0.417. The molecule has 0 aliphatic heterocycles. The van der Waals surface area contributed by atoms with E-state index < -0.39 is 8.32 Å². The number of esters is 1. The Morgan fingerprint density at radius 1 is 1.29 bits per heavy atom. The van der Waals surface area contributed by atoms with Crippen molar-refractivity contribution >= 4 is 20.0 Å². The summed E-state index contributed by atoms with van der Waals surface area (Å²) in [6, 6.07) is 3.33. The van der Waals surface area contributed by atoms with E-state index in [2.05, 4.69) is 24.4 Å². The van der Waals surface area contributed by atoms with Gasteiger partial charge in [-0.3, -0.25) is 0 Å². The molecule has 0 fully saturated rings. The fourth-order valence-corrected chi connectivity index (χ4v) is 2.37. The number of nitrogens with two attached hydrogens (primary N) is 1. The largest absolute Gasteiger partial charge is 0.543 e. The fourth-order valence-electron chi connectivity index (χ4n) is 1.48. The molecule has 1 aromatic rings. The van der Waals surface area contributed by atoms with Crippen molar-refractivity contribution in [3.05, 3.63) is 23.3 Å². The van der Waals surface area contributed by atoms with E-state index in [9.17, 15) is 4.79 Å². The number of carbonyl (C=O) groups is 1. The molecule has 0 unspecified atom stereocenters. The van der Waals surface area contributed by atoms with Crippen LogP contribution < -0.4 is 10.2 Å². The van der Waals surface area contributed by atoms with Gasteiger partial charge in [0.2, 0.25) is 8.32 Å². The molecule has 5 heteroatoms. The minimum atomic E-state index is -1.71. The van der Waals surface area contributed by atoms with Crippen LogP contribution in [-0.2, 0) is 4.74 Å². The summed E-state index contributed by atoms with van der Waals surface area (Å²) >= 11 is 0. The van der Waals surface area contributed by atoms with Crippen LogP contribution in [0.1, 0.15) is 15.9 Å². The van der Waals surface area contributed by atoms with Crippen molar-refractivity contribution in [3.63, 3.8) is 0 Å². The van der Waals surface area contributed by atoms with E-state index in [-0.39, 0.29) is 5.97 Å². The molecule has 2 N–H and O–H groups in total. The van der Waals surface area contributed by atoms with Crippen molar-refractivity contribution in [1.82, 2.24) is 0 Å². The summed E-state index contributed by atoms with van der Waals surface area (Å²) in [4.78, 5) is 11.4. The molecule has 1 aromatic carbocycles. The Morgan fingerprint density at radius 2 is 1.88 bits per heavy atom. The Hall–Kier alpha value is -1.49. The molecule has 1 rings (SSSR count). The second-order valence-corrected chi connectivity index (χ2v) is 9.35. The third kappa shape index (κ3) is 3.49. The topological polar surface area (TPSA) is 61.5 Å². The smallest absolute Gasteiger partial charge is 0.337 e. The lowest BCUT2D eigenvalue weighted by atomic mass is 10.1. The van der Waals surface area contributed by atoms with Gasteiger partial charge in [-0.1, -0.05) is 0 Å². The summed E-state index contributed by atoms with van der Waals surface area (Å²) in [7, 11) is -0.362. The monoisotopic (exact) mass is 253 g/mol. The van der Waals surface area contributed by atoms with Crippen LogP contribution in [-0.4, -0.2) is 21.4 Å². The van der Waals surface area contributed by atoms with Crippen LogP contribution in [0, 0.1) is 6.92 Å². The minimum absolute atomic E-state index is 0.389. The van der Waals surface area contributed by atoms with Gasteiger partial charge in [0.15, 0.2) is 0 Å². The van der Waals surface area contributed by atoms with Crippen LogP contribution in [0.5, 0.6) is 5.75 Å². The predicted molar refractivity (Wildman–Crippen MR) is 70.9 cm³/mol. The maximum Gasteiger partial charge on any atom is 0.337 e. The Kier molecular flexibility index (Phi) is 3.82. The van der Waals surface area contributed by atoms with E-state index in [1.807, 2.05) is 6.92 Å². The number of benzene rings is 1. The lowest BCUT2D eigenvalue weighted by molar-refractivity contribution is 0.0600. The summed E-state index contributed by atoms with van der Waals surface area (Å²) in [5.74, 6) is 0.288. The van der Waals surface area contributed by atoms with Gasteiger partial charge < -0.3 is 14.9 Å². The quantitative estimate of drug-likeness (QED) is 0.511. The molecule has 0 aliphatic carbocycles. The van der Waals surface area contributed by atoms with Gasteiger partial charge in [-0.2, -0.15) is 0 Å². The predicted octanol–water partition coefficient (Wildman–Crippen LogP) is 2.58. The molecule has 0 amide bonds. The molecule has 0 heterocycles. The number of hydrogen-bond acceptors (Lipinski definition) is 4. The van der Waals surface area contributed by atoms with Crippen molar-refractivity contribution in [3.8, 4) is 5.75 Å². The van der Waals surface area contributed by atoms with Crippen LogP contribution in [0.15, 0.2) is 12.1 Å². The Morgan fingerprint density at radius 3 is 2.29 bits per heavy atom. The highest BCUT2D eigenvalue weighted by Gasteiger charge is 2.20. The summed E-state index contributed by atoms with van der Waals surface area (Å²) in [5, 5.41) is 0. The molecule has 0 radical (unpaired) electrons. The summed E-state index contributed by atoms with van der Waals surface area (Å²) in [6.07, 6.45) is 0. The van der Waals surface area contributed by atoms with Gasteiger partial charge in [0.05, 0.1) is 18.4 Å². The maximum atomic E-state index is 11.4. The Labute approximate surface area is 103 Å². The molecule has 0 atom stereocenters. The van der Waals surface area contributed by atoms with Crippen molar-refractivity contribution in [2.45, 2.75) is 26.6 Å². The lowest BCUT2D eigenvalue weighted by Crippen LogP contribution is -2.30. The number of rotatable bonds is 3. The average molecular weight is 253 g/mol. The minimum Gasteiger partial charge on any atom is -0.543 e. The third-order valence-corrected chi connectivity index (χ3v) is 2.95. The van der Waals surface area contributed by atoms with Crippen LogP contribution in [0.2, 0.25) is 19.6 Å². The van der Waals surface area contributed by atoms with Crippen LogP contribution in [0.4, 0.5) is 5.69 Å². The molecular formula is C12H19NO3Si. The molecular weight excluding hydrogens is 234 g/mol. The van der Waals surface area contributed by atoms with Gasteiger partial charge in [0.1, 0.15) is 5.75 Å². The molecule has 0 bridgehead atoms. The van der Waals surface area contributed by atoms with Gasteiger partial charge in [0.25, 0.3) is 0 Å². The first-order valence-electron chi connectivity index (χ1n) is 5.42. The van der Waals surface area contributed by atoms with Gasteiger partial charge in [-0.15, -0.1) is 0 Å². The third-order valence-electron chi connectivity index (χ3n) is 2.13. The highest BCUT2D eigenvalue weighted by Crippen LogP contribution is 2.30. The maximum absolute atomic E-state index is 11.4. The SMILES string of the molecule is COC(=O)c1cc(C)c(O[Si](C)(C)C)c(N)c1. The summed E-state index contributed by atoms with van der Waals surface area (Å²) < 4.78 is 10.6. The highest BCUT2D eigenvalue weighted by atomic mass is 28.4. The van der Waals surface area contributed by atoms with Crippen molar-refractivity contribution < 1.29 is 14.0 Å². The highest BCUT2D eigenvalue weighted by molar-refractivity contribution is 6.70.